The SMILES string of the molecule is C=C1C(=O)OC(c2cc(-c3ccc(F)cc3)n(-c3ccccc3)n2)C1c1ccc(C)cc1. The number of nitrogens with zero attached hydrogens (tertiary/aromatic N) is 2. The van der Waals surface area contributed by atoms with Crippen LogP contribution in [-0.4, -0.2) is 15.7 Å². The largest absolute Gasteiger partial charge is 0.451 e. The second kappa shape index (κ2) is 7.93. The first-order valence-corrected chi connectivity index (χ1v) is 10.4. The van der Waals surface area contributed by atoms with Crippen LogP contribution in [0.5, 0.6) is 0 Å². The van der Waals surface area contributed by atoms with Crippen LogP contribution in [0.15, 0.2) is 97.1 Å². The van der Waals surface area contributed by atoms with Crippen LogP contribution in [-0.2, 0) is 9.53 Å². The number of para-hydroxylation sites is 1. The lowest BCUT2D eigenvalue weighted by atomic mass is 9.87. The molecule has 0 amide bonds. The van der Waals surface area contributed by atoms with Crippen molar-refractivity contribution in [2.75, 3.05) is 0 Å². The second-order valence-electron chi connectivity index (χ2n) is 7.95. The number of aromatic nitrogens is 2. The van der Waals surface area contributed by atoms with Crippen LogP contribution in [0.2, 0.25) is 0 Å². The third-order valence-electron chi connectivity index (χ3n) is 5.77. The molecule has 1 aromatic heterocycles. The van der Waals surface area contributed by atoms with Gasteiger partial charge in [0, 0.05) is 11.1 Å². The molecule has 1 saturated heterocycles. The van der Waals surface area contributed by atoms with Gasteiger partial charge in [0.25, 0.3) is 0 Å². The first kappa shape index (κ1) is 19.9. The van der Waals surface area contributed by atoms with Crippen molar-refractivity contribution < 1.29 is 13.9 Å². The van der Waals surface area contributed by atoms with Gasteiger partial charge in [-0.15, -0.1) is 0 Å². The predicted molar refractivity (Wildman–Crippen MR) is 121 cm³/mol. The van der Waals surface area contributed by atoms with E-state index in [0.29, 0.717) is 11.3 Å². The highest BCUT2D eigenvalue weighted by Gasteiger charge is 2.42. The van der Waals surface area contributed by atoms with Gasteiger partial charge in [-0.3, -0.25) is 0 Å². The molecule has 2 heterocycles. The Morgan fingerprint density at radius 1 is 0.969 bits per heavy atom. The highest BCUT2D eigenvalue weighted by molar-refractivity contribution is 5.92. The van der Waals surface area contributed by atoms with Crippen molar-refractivity contribution in [3.05, 3.63) is 120 Å². The summed E-state index contributed by atoms with van der Waals surface area (Å²) in [5, 5.41) is 4.83. The third-order valence-corrected chi connectivity index (χ3v) is 5.77. The van der Waals surface area contributed by atoms with Gasteiger partial charge in [-0.25, -0.2) is 13.9 Å². The van der Waals surface area contributed by atoms with E-state index in [2.05, 4.69) is 6.58 Å². The number of ether oxygens (including phenoxy) is 1. The van der Waals surface area contributed by atoms with E-state index in [1.807, 2.05) is 67.6 Å². The Hall–Kier alpha value is -3.99. The van der Waals surface area contributed by atoms with Crippen molar-refractivity contribution in [1.82, 2.24) is 9.78 Å². The first-order chi connectivity index (χ1) is 15.5. The van der Waals surface area contributed by atoms with Crippen molar-refractivity contribution in [2.45, 2.75) is 18.9 Å². The molecule has 0 radical (unpaired) electrons. The van der Waals surface area contributed by atoms with Crippen LogP contribution in [0.25, 0.3) is 16.9 Å². The zero-order valence-corrected chi connectivity index (χ0v) is 17.5. The number of hydrogen-bond donors (Lipinski definition) is 0. The molecule has 0 N–H and O–H groups in total. The Morgan fingerprint density at radius 2 is 1.66 bits per heavy atom. The number of esters is 1. The van der Waals surface area contributed by atoms with Crippen LogP contribution >= 0.6 is 0 Å². The topological polar surface area (TPSA) is 44.1 Å². The molecule has 1 aliphatic heterocycles. The number of cyclic esters (lactones) is 1. The van der Waals surface area contributed by atoms with Crippen LogP contribution in [0.1, 0.15) is 28.8 Å². The average molecular weight is 424 g/mol. The van der Waals surface area contributed by atoms with Gasteiger partial charge in [0.2, 0.25) is 0 Å². The summed E-state index contributed by atoms with van der Waals surface area (Å²) in [5.74, 6) is -1.05. The Bertz CT molecular complexity index is 1290. The number of aryl methyl sites for hydroxylation is 1. The molecular weight excluding hydrogens is 403 g/mol. The van der Waals surface area contributed by atoms with Crippen molar-refractivity contribution in [3.8, 4) is 16.9 Å². The zero-order chi connectivity index (χ0) is 22.2. The molecule has 32 heavy (non-hydrogen) atoms. The molecule has 1 fully saturated rings. The first-order valence-electron chi connectivity index (χ1n) is 10.4. The molecule has 4 aromatic rings. The summed E-state index contributed by atoms with van der Waals surface area (Å²) < 4.78 is 21.1. The monoisotopic (exact) mass is 424 g/mol. The third kappa shape index (κ3) is 3.52. The number of halogens is 1. The Labute approximate surface area is 185 Å². The summed E-state index contributed by atoms with van der Waals surface area (Å²) in [4.78, 5) is 12.5. The lowest BCUT2D eigenvalue weighted by molar-refractivity contribution is -0.139. The second-order valence-corrected chi connectivity index (χ2v) is 7.95. The van der Waals surface area contributed by atoms with Gasteiger partial charge in [0.05, 0.1) is 17.3 Å². The number of benzene rings is 3. The minimum absolute atomic E-state index is 0.305. The van der Waals surface area contributed by atoms with E-state index >= 15 is 0 Å². The fourth-order valence-electron chi connectivity index (χ4n) is 4.08. The van der Waals surface area contributed by atoms with Gasteiger partial charge in [-0.2, -0.15) is 5.10 Å². The van der Waals surface area contributed by atoms with Gasteiger partial charge >= 0.3 is 5.97 Å². The van der Waals surface area contributed by atoms with E-state index in [4.69, 9.17) is 9.84 Å². The minimum Gasteiger partial charge on any atom is -0.451 e. The Kier molecular flexibility index (Phi) is 4.94. The van der Waals surface area contributed by atoms with Crippen LogP contribution in [0, 0.1) is 12.7 Å². The molecular formula is C27H21FN2O2. The number of hydrogen-bond acceptors (Lipinski definition) is 3. The van der Waals surface area contributed by atoms with Gasteiger partial charge in [-0.1, -0.05) is 54.6 Å². The van der Waals surface area contributed by atoms with E-state index in [-0.39, 0.29) is 11.7 Å². The molecule has 0 saturated carbocycles. The fourth-order valence-corrected chi connectivity index (χ4v) is 4.08. The Morgan fingerprint density at radius 3 is 2.34 bits per heavy atom. The average Bonchev–Trinajstić information content (AvgIpc) is 3.37. The molecule has 158 valence electrons. The van der Waals surface area contributed by atoms with E-state index < -0.39 is 12.1 Å². The summed E-state index contributed by atoms with van der Waals surface area (Å²) in [6.07, 6.45) is -0.595. The van der Waals surface area contributed by atoms with Gasteiger partial charge in [0.1, 0.15) is 11.5 Å². The standard InChI is InChI=1S/C27H21FN2O2/c1-17-8-10-20(11-9-17)25-18(2)27(31)32-26(25)23-16-24(19-12-14-21(28)15-13-19)30(29-23)22-6-4-3-5-7-22/h3-16,25-26H,2H2,1H3. The van der Waals surface area contributed by atoms with Gasteiger partial charge < -0.3 is 4.74 Å². The molecule has 3 aromatic carbocycles. The highest BCUT2D eigenvalue weighted by Crippen LogP contribution is 2.45. The molecule has 5 rings (SSSR count). The summed E-state index contributed by atoms with van der Waals surface area (Å²) in [7, 11) is 0. The molecule has 5 heteroatoms. The minimum atomic E-state index is -0.595. The highest BCUT2D eigenvalue weighted by atomic mass is 19.1. The maximum Gasteiger partial charge on any atom is 0.334 e. The smallest absolute Gasteiger partial charge is 0.334 e. The van der Waals surface area contributed by atoms with Gasteiger partial charge in [0.15, 0.2) is 6.10 Å². The number of carbonyl (C=O) groups excluding carboxylic acids is 1. The van der Waals surface area contributed by atoms with Crippen LogP contribution in [0.3, 0.4) is 0 Å². The summed E-state index contributed by atoms with van der Waals surface area (Å²) in [6.45, 7) is 6.01. The van der Waals surface area contributed by atoms with Crippen LogP contribution in [0.4, 0.5) is 4.39 Å². The van der Waals surface area contributed by atoms with Crippen molar-refractivity contribution in [3.63, 3.8) is 0 Å². The number of rotatable bonds is 4. The zero-order valence-electron chi connectivity index (χ0n) is 17.5. The van der Waals surface area contributed by atoms with Crippen LogP contribution < -0.4 is 0 Å². The summed E-state index contributed by atoms with van der Waals surface area (Å²) in [5.41, 5.74) is 5.56. The maximum absolute atomic E-state index is 13.5. The van der Waals surface area contributed by atoms with E-state index in [1.165, 1.54) is 12.1 Å². The molecule has 1 aliphatic rings. The lowest BCUT2D eigenvalue weighted by Gasteiger charge is -2.16. The van der Waals surface area contributed by atoms with E-state index in [9.17, 15) is 9.18 Å². The molecule has 0 bridgehead atoms. The molecule has 2 unspecified atom stereocenters. The van der Waals surface area contributed by atoms with Crippen molar-refractivity contribution in [1.29, 1.82) is 0 Å². The quantitative estimate of drug-likeness (QED) is 0.301. The summed E-state index contributed by atoms with van der Waals surface area (Å²) >= 11 is 0. The normalized spacial score (nSPS) is 18.1. The summed E-state index contributed by atoms with van der Waals surface area (Å²) in [6, 6.07) is 25.9. The van der Waals surface area contributed by atoms with E-state index in [0.717, 1.165) is 28.1 Å². The molecule has 0 aliphatic carbocycles. The van der Waals surface area contributed by atoms with E-state index in [1.54, 1.807) is 16.8 Å². The van der Waals surface area contributed by atoms with Crippen molar-refractivity contribution >= 4 is 5.97 Å². The van der Waals surface area contributed by atoms with Gasteiger partial charge in [-0.05, 0) is 55.0 Å². The fraction of sp³-hybridized carbons (Fsp3) is 0.111. The predicted octanol–water partition coefficient (Wildman–Crippen LogP) is 5.92. The lowest BCUT2D eigenvalue weighted by Crippen LogP contribution is -2.09. The molecule has 4 nitrogen and oxygen atoms in total. The maximum atomic E-state index is 13.5. The number of carbonyl (C=O) groups is 1. The van der Waals surface area contributed by atoms with Crippen molar-refractivity contribution in [2.24, 2.45) is 0 Å². The Balaban J connectivity index is 1.64. The molecule has 0 spiro atoms. The molecule has 2 atom stereocenters.